The van der Waals surface area contributed by atoms with Gasteiger partial charge in [0.05, 0.1) is 4.91 Å². The minimum atomic E-state index is -0.423. The second-order valence-electron chi connectivity index (χ2n) is 6.29. The molecule has 1 fully saturated rings. The Morgan fingerprint density at radius 3 is 2.52 bits per heavy atom. The Balaban J connectivity index is 1.59. The highest BCUT2D eigenvalue weighted by molar-refractivity contribution is 8.26. The topological polar surface area (TPSA) is 66.5 Å². The molecule has 2 aromatic carbocycles. The lowest BCUT2D eigenvalue weighted by atomic mass is 10.1. The number of hydrogen-bond donors (Lipinski definition) is 1. The van der Waals surface area contributed by atoms with Crippen LogP contribution in [0.5, 0.6) is 0 Å². The first-order valence-corrected chi connectivity index (χ1v) is 9.98. The Morgan fingerprint density at radius 2 is 1.86 bits per heavy atom. The maximum absolute atomic E-state index is 13.8. The Hall–Kier alpha value is -2.84. The molecule has 0 radical (unpaired) electrons. The van der Waals surface area contributed by atoms with Crippen LogP contribution < -0.4 is 5.32 Å². The van der Waals surface area contributed by atoms with Crippen molar-refractivity contribution >= 4 is 57.7 Å². The van der Waals surface area contributed by atoms with Crippen LogP contribution in [0.4, 0.5) is 10.1 Å². The Morgan fingerprint density at radius 1 is 1.17 bits per heavy atom. The number of anilines is 1. The SMILES string of the molecule is CC(=O)c1ccc(NC(=O)CCN2C(=O)/C(=C\c3ccccc3F)SC2=S)cc1. The zero-order valence-corrected chi connectivity index (χ0v) is 17.1. The summed E-state index contributed by atoms with van der Waals surface area (Å²) in [5.41, 5.74) is 1.42. The smallest absolute Gasteiger partial charge is 0.266 e. The van der Waals surface area contributed by atoms with Crippen LogP contribution in [0.1, 0.15) is 29.3 Å². The van der Waals surface area contributed by atoms with Crippen LogP contribution in [0.25, 0.3) is 6.08 Å². The molecule has 1 heterocycles. The average Bonchev–Trinajstić information content (AvgIpc) is 2.95. The van der Waals surface area contributed by atoms with Crippen molar-refractivity contribution in [3.8, 4) is 0 Å². The van der Waals surface area contributed by atoms with E-state index in [4.69, 9.17) is 12.2 Å². The largest absolute Gasteiger partial charge is 0.326 e. The van der Waals surface area contributed by atoms with Crippen LogP contribution in [0.3, 0.4) is 0 Å². The van der Waals surface area contributed by atoms with Crippen LogP contribution in [-0.4, -0.2) is 33.4 Å². The van der Waals surface area contributed by atoms with E-state index in [2.05, 4.69) is 5.32 Å². The van der Waals surface area contributed by atoms with Gasteiger partial charge in [-0.2, -0.15) is 0 Å². The van der Waals surface area contributed by atoms with Crippen molar-refractivity contribution in [2.45, 2.75) is 13.3 Å². The first-order chi connectivity index (χ1) is 13.8. The third-order valence-corrected chi connectivity index (χ3v) is 5.58. The zero-order valence-electron chi connectivity index (χ0n) is 15.5. The first-order valence-electron chi connectivity index (χ1n) is 8.76. The molecule has 0 aromatic heterocycles. The number of benzene rings is 2. The van der Waals surface area contributed by atoms with Crippen molar-refractivity contribution in [1.82, 2.24) is 4.90 Å². The van der Waals surface area contributed by atoms with Gasteiger partial charge in [-0.05, 0) is 43.3 Å². The van der Waals surface area contributed by atoms with E-state index < -0.39 is 5.82 Å². The van der Waals surface area contributed by atoms with Crippen LogP contribution in [-0.2, 0) is 9.59 Å². The molecule has 29 heavy (non-hydrogen) atoms. The van der Waals surface area contributed by atoms with Crippen molar-refractivity contribution < 1.29 is 18.8 Å². The number of amides is 2. The molecule has 5 nitrogen and oxygen atoms in total. The molecule has 1 aliphatic heterocycles. The zero-order chi connectivity index (χ0) is 21.0. The van der Waals surface area contributed by atoms with Gasteiger partial charge in [-0.1, -0.05) is 42.2 Å². The second-order valence-corrected chi connectivity index (χ2v) is 7.96. The summed E-state index contributed by atoms with van der Waals surface area (Å²) in [4.78, 5) is 37.7. The maximum Gasteiger partial charge on any atom is 0.266 e. The summed E-state index contributed by atoms with van der Waals surface area (Å²) < 4.78 is 14.1. The van der Waals surface area contributed by atoms with Gasteiger partial charge in [0.15, 0.2) is 5.78 Å². The van der Waals surface area contributed by atoms with E-state index in [0.29, 0.717) is 26.0 Å². The van der Waals surface area contributed by atoms with E-state index in [9.17, 15) is 18.8 Å². The fourth-order valence-electron chi connectivity index (χ4n) is 2.65. The molecule has 1 N–H and O–H groups in total. The lowest BCUT2D eigenvalue weighted by molar-refractivity contribution is -0.122. The average molecular weight is 429 g/mol. The summed E-state index contributed by atoms with van der Waals surface area (Å²) in [5, 5.41) is 2.72. The number of carbonyl (C=O) groups excluding carboxylic acids is 3. The molecule has 2 aromatic rings. The van der Waals surface area contributed by atoms with Crippen LogP contribution in [0.2, 0.25) is 0 Å². The number of thiocarbonyl (C=S) groups is 1. The van der Waals surface area contributed by atoms with E-state index in [-0.39, 0.29) is 30.6 Å². The van der Waals surface area contributed by atoms with Gasteiger partial charge in [-0.15, -0.1) is 0 Å². The quantitative estimate of drug-likeness (QED) is 0.423. The third-order valence-electron chi connectivity index (χ3n) is 4.20. The number of nitrogens with one attached hydrogen (secondary N) is 1. The van der Waals surface area contributed by atoms with Gasteiger partial charge in [0.25, 0.3) is 5.91 Å². The highest BCUT2D eigenvalue weighted by Gasteiger charge is 2.32. The van der Waals surface area contributed by atoms with Gasteiger partial charge >= 0.3 is 0 Å². The van der Waals surface area contributed by atoms with Gasteiger partial charge in [-0.25, -0.2) is 4.39 Å². The number of halogens is 1. The number of nitrogens with zero attached hydrogens (tertiary/aromatic N) is 1. The summed E-state index contributed by atoms with van der Waals surface area (Å²) in [5.74, 6) is -1.11. The van der Waals surface area contributed by atoms with E-state index in [1.807, 2.05) is 0 Å². The van der Waals surface area contributed by atoms with Gasteiger partial charge in [0.1, 0.15) is 10.1 Å². The molecule has 8 heteroatoms. The van der Waals surface area contributed by atoms with Gasteiger partial charge in [0.2, 0.25) is 5.91 Å². The van der Waals surface area contributed by atoms with Crippen LogP contribution >= 0.6 is 24.0 Å². The standard InChI is InChI=1S/C21H17FN2O3S2/c1-13(25)14-6-8-16(9-7-14)23-19(26)10-11-24-20(27)18(29-21(24)28)12-15-4-2-3-5-17(15)22/h2-9,12H,10-11H2,1H3,(H,23,26)/b18-12+. The Labute approximate surface area is 177 Å². The molecule has 0 bridgehead atoms. The molecule has 0 aliphatic carbocycles. The summed E-state index contributed by atoms with van der Waals surface area (Å²) in [7, 11) is 0. The second kappa shape index (κ2) is 9.11. The van der Waals surface area contributed by atoms with Crippen molar-refractivity contribution in [2.75, 3.05) is 11.9 Å². The summed E-state index contributed by atoms with van der Waals surface area (Å²) >= 11 is 6.32. The predicted molar refractivity (Wildman–Crippen MR) is 116 cm³/mol. The van der Waals surface area contributed by atoms with Gasteiger partial charge in [0, 0.05) is 29.8 Å². The highest BCUT2D eigenvalue weighted by atomic mass is 32.2. The van der Waals surface area contributed by atoms with Crippen molar-refractivity contribution in [3.63, 3.8) is 0 Å². The molecule has 3 rings (SSSR count). The molecule has 1 saturated heterocycles. The van der Waals surface area contributed by atoms with E-state index in [1.54, 1.807) is 42.5 Å². The number of thioether (sulfide) groups is 1. The number of hydrogen-bond acceptors (Lipinski definition) is 5. The minimum absolute atomic E-state index is 0.0495. The Bertz CT molecular complexity index is 1020. The lowest BCUT2D eigenvalue weighted by Gasteiger charge is -2.14. The third kappa shape index (κ3) is 5.16. The van der Waals surface area contributed by atoms with Gasteiger partial charge < -0.3 is 5.32 Å². The number of rotatable bonds is 6. The fourth-order valence-corrected chi connectivity index (χ4v) is 3.95. The monoisotopic (exact) mass is 428 g/mol. The summed E-state index contributed by atoms with van der Waals surface area (Å²) in [6.07, 6.45) is 1.51. The van der Waals surface area contributed by atoms with Crippen molar-refractivity contribution in [3.05, 3.63) is 70.4 Å². The Kier molecular flexibility index (Phi) is 6.56. The maximum atomic E-state index is 13.8. The van der Waals surface area contributed by atoms with Crippen LogP contribution in [0, 0.1) is 5.82 Å². The summed E-state index contributed by atoms with van der Waals surface area (Å²) in [6, 6.07) is 12.7. The molecule has 148 valence electrons. The molecule has 0 saturated carbocycles. The van der Waals surface area contributed by atoms with E-state index in [0.717, 1.165) is 11.8 Å². The molecule has 2 amide bonds. The highest BCUT2D eigenvalue weighted by Crippen LogP contribution is 2.33. The van der Waals surface area contributed by atoms with Gasteiger partial charge in [-0.3, -0.25) is 19.3 Å². The fraction of sp³-hybridized carbons (Fsp3) is 0.143. The molecular weight excluding hydrogens is 411 g/mol. The van der Waals surface area contributed by atoms with Crippen LogP contribution in [0.15, 0.2) is 53.4 Å². The summed E-state index contributed by atoms with van der Waals surface area (Å²) in [6.45, 7) is 1.59. The number of carbonyl (C=O) groups is 3. The minimum Gasteiger partial charge on any atom is -0.326 e. The number of ketones is 1. The number of Topliss-reactive ketones (excluding diaryl/α,β-unsaturated/α-hetero) is 1. The lowest BCUT2D eigenvalue weighted by Crippen LogP contribution is -2.31. The predicted octanol–water partition coefficient (Wildman–Crippen LogP) is 4.26. The molecule has 0 spiro atoms. The van der Waals surface area contributed by atoms with E-state index >= 15 is 0 Å². The molecule has 1 aliphatic rings. The normalized spacial score (nSPS) is 15.1. The molecule has 0 unspecified atom stereocenters. The molecule has 0 atom stereocenters. The van der Waals surface area contributed by atoms with Crippen molar-refractivity contribution in [1.29, 1.82) is 0 Å². The van der Waals surface area contributed by atoms with E-state index in [1.165, 1.54) is 24.0 Å². The van der Waals surface area contributed by atoms with Crippen molar-refractivity contribution in [2.24, 2.45) is 0 Å². The molecular formula is C21H17FN2O3S2. The first kappa shape index (κ1) is 20.9.